The van der Waals surface area contributed by atoms with Crippen molar-refractivity contribution in [2.75, 3.05) is 6.54 Å². The highest BCUT2D eigenvalue weighted by Gasteiger charge is 2.18. The first-order chi connectivity index (χ1) is 8.93. The predicted octanol–water partition coefficient (Wildman–Crippen LogP) is 3.02. The molecule has 2 aromatic rings. The van der Waals surface area contributed by atoms with Crippen molar-refractivity contribution in [3.8, 4) is 0 Å². The van der Waals surface area contributed by atoms with Crippen LogP contribution in [-0.4, -0.2) is 16.1 Å². The van der Waals surface area contributed by atoms with Crippen molar-refractivity contribution >= 4 is 11.0 Å². The van der Waals surface area contributed by atoms with Crippen LogP contribution in [0.2, 0.25) is 0 Å². The molecule has 4 heteroatoms. The van der Waals surface area contributed by atoms with Gasteiger partial charge < -0.3 is 10.3 Å². The Morgan fingerprint density at radius 2 is 2.05 bits per heavy atom. The van der Waals surface area contributed by atoms with Crippen LogP contribution in [0.1, 0.15) is 32.5 Å². The molecule has 0 spiro atoms. The average Bonchev–Trinajstić information content (AvgIpc) is 2.64. The van der Waals surface area contributed by atoms with Crippen molar-refractivity contribution in [2.24, 2.45) is 18.2 Å². The van der Waals surface area contributed by atoms with E-state index >= 15 is 0 Å². The van der Waals surface area contributed by atoms with Crippen LogP contribution >= 0.6 is 0 Å². The molecule has 3 nitrogen and oxygen atoms in total. The molecular formula is C15H22FN3. The lowest BCUT2D eigenvalue weighted by Gasteiger charge is -2.23. The fraction of sp³-hybridized carbons (Fsp3) is 0.533. The first kappa shape index (κ1) is 14.0. The van der Waals surface area contributed by atoms with E-state index in [0.29, 0.717) is 6.54 Å². The fourth-order valence-electron chi connectivity index (χ4n) is 2.40. The van der Waals surface area contributed by atoms with E-state index in [1.165, 1.54) is 12.1 Å². The minimum absolute atomic E-state index is 0.217. The van der Waals surface area contributed by atoms with Crippen LogP contribution in [0.5, 0.6) is 0 Å². The van der Waals surface area contributed by atoms with E-state index in [1.807, 2.05) is 11.6 Å². The number of halogens is 1. The molecule has 0 aliphatic carbocycles. The first-order valence-electron chi connectivity index (χ1n) is 6.74. The molecule has 0 radical (unpaired) electrons. The van der Waals surface area contributed by atoms with Gasteiger partial charge in [-0.05, 0) is 43.0 Å². The highest BCUT2D eigenvalue weighted by atomic mass is 19.1. The normalized spacial score (nSPS) is 12.3. The van der Waals surface area contributed by atoms with Crippen molar-refractivity contribution in [2.45, 2.75) is 33.1 Å². The molecule has 0 unspecified atom stereocenters. The lowest BCUT2D eigenvalue weighted by Crippen LogP contribution is -2.18. The molecule has 0 aliphatic heterocycles. The van der Waals surface area contributed by atoms with E-state index in [1.54, 1.807) is 6.07 Å². The number of nitrogens with two attached hydrogens (primary N) is 1. The molecule has 0 atom stereocenters. The number of fused-ring (bicyclic) bond motifs is 1. The van der Waals surface area contributed by atoms with E-state index < -0.39 is 0 Å². The maximum absolute atomic E-state index is 13.2. The van der Waals surface area contributed by atoms with Gasteiger partial charge in [0.05, 0.1) is 11.0 Å². The Kier molecular flexibility index (Phi) is 3.90. The minimum atomic E-state index is -0.217. The number of aromatic nitrogens is 2. The Morgan fingerprint density at radius 3 is 2.74 bits per heavy atom. The second-order valence-corrected chi connectivity index (χ2v) is 5.92. The molecule has 0 fully saturated rings. The zero-order valence-electron chi connectivity index (χ0n) is 11.9. The molecular weight excluding hydrogens is 241 g/mol. The summed E-state index contributed by atoms with van der Waals surface area (Å²) in [5.41, 5.74) is 7.56. The van der Waals surface area contributed by atoms with Gasteiger partial charge >= 0.3 is 0 Å². The highest BCUT2D eigenvalue weighted by molar-refractivity contribution is 5.75. The Hall–Kier alpha value is -1.42. The molecule has 104 valence electrons. The Bertz CT molecular complexity index is 572. The molecule has 19 heavy (non-hydrogen) atoms. The Balaban J connectivity index is 2.20. The van der Waals surface area contributed by atoms with E-state index in [2.05, 4.69) is 18.8 Å². The monoisotopic (exact) mass is 263 g/mol. The van der Waals surface area contributed by atoms with Gasteiger partial charge in [-0.1, -0.05) is 13.8 Å². The van der Waals surface area contributed by atoms with Crippen LogP contribution in [-0.2, 0) is 13.5 Å². The lowest BCUT2D eigenvalue weighted by atomic mass is 9.84. The lowest BCUT2D eigenvalue weighted by molar-refractivity contribution is 0.310. The molecule has 1 heterocycles. The average molecular weight is 263 g/mol. The van der Waals surface area contributed by atoms with Gasteiger partial charge in [-0.2, -0.15) is 0 Å². The topological polar surface area (TPSA) is 43.8 Å². The Labute approximate surface area is 113 Å². The number of imidazole rings is 1. The third kappa shape index (κ3) is 3.13. The van der Waals surface area contributed by atoms with E-state index in [9.17, 15) is 4.39 Å². The van der Waals surface area contributed by atoms with Crippen molar-refractivity contribution in [3.63, 3.8) is 0 Å². The third-order valence-corrected chi connectivity index (χ3v) is 3.78. The van der Waals surface area contributed by atoms with E-state index in [-0.39, 0.29) is 11.2 Å². The molecule has 0 saturated heterocycles. The van der Waals surface area contributed by atoms with Crippen LogP contribution in [0.15, 0.2) is 18.2 Å². The molecule has 1 aromatic heterocycles. The summed E-state index contributed by atoms with van der Waals surface area (Å²) in [7, 11) is 1.94. The van der Waals surface area contributed by atoms with E-state index in [4.69, 9.17) is 5.73 Å². The van der Waals surface area contributed by atoms with Gasteiger partial charge in [0.1, 0.15) is 11.6 Å². The first-order valence-corrected chi connectivity index (χ1v) is 6.74. The van der Waals surface area contributed by atoms with Gasteiger partial charge in [0.25, 0.3) is 0 Å². The zero-order valence-corrected chi connectivity index (χ0v) is 11.9. The number of nitrogens with zero attached hydrogens (tertiary/aromatic N) is 2. The zero-order chi connectivity index (χ0) is 14.0. The van der Waals surface area contributed by atoms with Gasteiger partial charge in [0.15, 0.2) is 0 Å². The van der Waals surface area contributed by atoms with Crippen molar-refractivity contribution in [1.29, 1.82) is 0 Å². The molecule has 0 aliphatic rings. The minimum Gasteiger partial charge on any atom is -0.331 e. The summed E-state index contributed by atoms with van der Waals surface area (Å²) in [6, 6.07) is 4.73. The summed E-state index contributed by atoms with van der Waals surface area (Å²) < 4.78 is 15.2. The SMILES string of the molecule is Cn1c(CCC(C)(C)CCN)nc2ccc(F)cc21. The maximum Gasteiger partial charge on any atom is 0.125 e. The molecule has 2 rings (SSSR count). The Morgan fingerprint density at radius 1 is 1.32 bits per heavy atom. The van der Waals surface area contributed by atoms with Crippen molar-refractivity contribution in [1.82, 2.24) is 9.55 Å². The van der Waals surface area contributed by atoms with Gasteiger partial charge in [-0.3, -0.25) is 0 Å². The summed E-state index contributed by atoms with van der Waals surface area (Å²) in [6.07, 6.45) is 2.93. The summed E-state index contributed by atoms with van der Waals surface area (Å²) in [6.45, 7) is 5.16. The van der Waals surface area contributed by atoms with Gasteiger partial charge in [0.2, 0.25) is 0 Å². The van der Waals surface area contributed by atoms with Crippen LogP contribution in [0.3, 0.4) is 0 Å². The van der Waals surface area contributed by atoms with Gasteiger partial charge in [0, 0.05) is 13.5 Å². The van der Waals surface area contributed by atoms with Gasteiger partial charge in [-0.15, -0.1) is 0 Å². The van der Waals surface area contributed by atoms with Crippen molar-refractivity contribution in [3.05, 3.63) is 29.8 Å². The number of rotatable bonds is 5. The number of hydrogen-bond acceptors (Lipinski definition) is 2. The van der Waals surface area contributed by atoms with Gasteiger partial charge in [-0.25, -0.2) is 9.37 Å². The molecule has 0 amide bonds. The van der Waals surface area contributed by atoms with Crippen molar-refractivity contribution < 1.29 is 4.39 Å². The second kappa shape index (κ2) is 5.29. The third-order valence-electron chi connectivity index (χ3n) is 3.78. The summed E-state index contributed by atoms with van der Waals surface area (Å²) in [4.78, 5) is 4.58. The quantitative estimate of drug-likeness (QED) is 0.901. The molecule has 2 N–H and O–H groups in total. The second-order valence-electron chi connectivity index (χ2n) is 5.92. The van der Waals surface area contributed by atoms with Crippen LogP contribution in [0.4, 0.5) is 4.39 Å². The van der Waals surface area contributed by atoms with E-state index in [0.717, 1.165) is 36.1 Å². The number of aryl methyl sites for hydroxylation is 2. The summed E-state index contributed by atoms with van der Waals surface area (Å²) in [5, 5.41) is 0. The maximum atomic E-state index is 13.2. The number of benzene rings is 1. The fourth-order valence-corrected chi connectivity index (χ4v) is 2.40. The van der Waals surface area contributed by atoms with Crippen LogP contribution in [0, 0.1) is 11.2 Å². The summed E-state index contributed by atoms with van der Waals surface area (Å²) >= 11 is 0. The largest absolute Gasteiger partial charge is 0.331 e. The number of hydrogen-bond donors (Lipinski definition) is 1. The molecule has 1 aromatic carbocycles. The van der Waals surface area contributed by atoms with Crippen LogP contribution in [0.25, 0.3) is 11.0 Å². The summed E-state index contributed by atoms with van der Waals surface area (Å²) in [5.74, 6) is 0.788. The standard InChI is InChI=1S/C15H22FN3/c1-15(2,8-9-17)7-6-14-18-12-5-4-11(16)10-13(12)19(14)3/h4-5,10H,6-9,17H2,1-3H3. The molecule has 0 saturated carbocycles. The highest BCUT2D eigenvalue weighted by Crippen LogP contribution is 2.27. The smallest absolute Gasteiger partial charge is 0.125 e. The molecule has 0 bridgehead atoms. The van der Waals surface area contributed by atoms with Crippen LogP contribution < -0.4 is 5.73 Å². The predicted molar refractivity (Wildman–Crippen MR) is 76.4 cm³/mol.